The van der Waals surface area contributed by atoms with Crippen molar-refractivity contribution in [2.24, 2.45) is 0 Å². The van der Waals surface area contributed by atoms with Crippen LogP contribution in [0.2, 0.25) is 0 Å². The van der Waals surface area contributed by atoms with Crippen LogP contribution in [0.5, 0.6) is 0 Å². The van der Waals surface area contributed by atoms with Crippen molar-refractivity contribution < 1.29 is 17.0 Å². The summed E-state index contributed by atoms with van der Waals surface area (Å²) in [4.78, 5) is 2.25. The molecule has 0 heterocycles. The van der Waals surface area contributed by atoms with Gasteiger partial charge in [-0.25, -0.2) is 0 Å². The van der Waals surface area contributed by atoms with Gasteiger partial charge in [0.1, 0.15) is 0 Å². The number of benzene rings is 2. The van der Waals surface area contributed by atoms with E-state index in [0.717, 1.165) is 0 Å². The Morgan fingerprint density at radius 2 is 1.27 bits per heavy atom. The molecule has 0 amide bonds. The first-order valence-corrected chi connectivity index (χ1v) is 8.88. The summed E-state index contributed by atoms with van der Waals surface area (Å²) in [5.41, 5.74) is 2.63. The van der Waals surface area contributed by atoms with E-state index in [1.54, 1.807) is 0 Å². The zero-order valence-electron chi connectivity index (χ0n) is 13.5. The molecule has 0 aliphatic carbocycles. The maximum atomic E-state index is 2.25. The molecule has 0 unspecified atom stereocenters. The number of halogens is 1. The third-order valence-electron chi connectivity index (χ3n) is 3.12. The summed E-state index contributed by atoms with van der Waals surface area (Å²) < 4.78 is 5.08. The zero-order chi connectivity index (χ0) is 15.2. The van der Waals surface area contributed by atoms with Crippen molar-refractivity contribution in [1.29, 1.82) is 0 Å². The Kier molecular flexibility index (Phi) is 7.75. The molecule has 0 spiro atoms. The van der Waals surface area contributed by atoms with Gasteiger partial charge < -0.3 is 12.4 Å². The van der Waals surface area contributed by atoms with Crippen molar-refractivity contribution in [2.75, 3.05) is 28.2 Å². The van der Waals surface area contributed by atoms with Gasteiger partial charge in [-0.2, -0.15) is 0 Å². The van der Waals surface area contributed by atoms with Crippen LogP contribution in [0.25, 0.3) is 0 Å². The van der Waals surface area contributed by atoms with Crippen LogP contribution in [0.4, 0.5) is 0 Å². The molecule has 4 heteroatoms. The van der Waals surface area contributed by atoms with Crippen molar-refractivity contribution in [1.82, 2.24) is 4.90 Å². The smallest absolute Gasteiger partial charge is 1.00 e. The maximum absolute atomic E-state index is 2.25. The number of hydrogen-bond donors (Lipinski definition) is 0. The van der Waals surface area contributed by atoms with Gasteiger partial charge >= 0.3 is 134 Å². The minimum absolute atomic E-state index is 0. The Bertz CT molecular complexity index is 645. The fraction of sp³-hybridized carbons (Fsp3) is 0.222. The van der Waals surface area contributed by atoms with E-state index in [9.17, 15) is 0 Å². The second-order valence-electron chi connectivity index (χ2n) is 5.28. The van der Waals surface area contributed by atoms with E-state index in [2.05, 4.69) is 98.3 Å². The summed E-state index contributed by atoms with van der Waals surface area (Å²) in [5.74, 6) is 0. The van der Waals surface area contributed by atoms with Crippen molar-refractivity contribution in [3.05, 3.63) is 71.8 Å². The van der Waals surface area contributed by atoms with Crippen LogP contribution < -0.4 is 12.4 Å². The van der Waals surface area contributed by atoms with Crippen molar-refractivity contribution in [3.63, 3.8) is 0 Å². The Balaban J connectivity index is 0.00000242. The van der Waals surface area contributed by atoms with Gasteiger partial charge in [-0.1, -0.05) is 0 Å². The molecule has 2 aromatic carbocycles. The molecule has 0 fully saturated rings. The average molecular weight is 377 g/mol. The molecule has 0 radical (unpaired) electrons. The molecule has 2 rings (SSSR count). The summed E-state index contributed by atoms with van der Waals surface area (Å²) in [6.07, 6.45) is 0. The topological polar surface area (TPSA) is 6.25 Å². The van der Waals surface area contributed by atoms with Crippen molar-refractivity contribution in [3.8, 4) is 0 Å². The molecule has 2 aromatic rings. The van der Waals surface area contributed by atoms with Crippen LogP contribution in [-0.2, 0) is 0 Å². The first kappa shape index (κ1) is 18.8. The Labute approximate surface area is 146 Å². The van der Waals surface area contributed by atoms with Gasteiger partial charge in [0.15, 0.2) is 0 Å². The van der Waals surface area contributed by atoms with E-state index in [1.165, 1.54) is 20.1 Å². The average Bonchev–Trinajstić information content (AvgIpc) is 2.49. The summed E-state index contributed by atoms with van der Waals surface area (Å²) in [7, 11) is 8.54. The van der Waals surface area contributed by atoms with Gasteiger partial charge in [-0.3, -0.25) is 0 Å². The summed E-state index contributed by atoms with van der Waals surface area (Å²) in [6, 6.07) is 21.4. The van der Waals surface area contributed by atoms with Gasteiger partial charge in [0.2, 0.25) is 0 Å². The molecule has 116 valence electrons. The van der Waals surface area contributed by atoms with Crippen LogP contribution in [0.1, 0.15) is 11.1 Å². The van der Waals surface area contributed by atoms with Crippen molar-refractivity contribution in [2.45, 2.75) is 0 Å². The molecule has 0 saturated heterocycles. The predicted molar refractivity (Wildman–Crippen MR) is 92.7 cm³/mol. The third-order valence-corrected chi connectivity index (χ3v) is 6.77. The molecule has 0 saturated carbocycles. The van der Waals surface area contributed by atoms with Gasteiger partial charge in [0.25, 0.3) is 0 Å². The molecule has 0 aromatic heterocycles. The summed E-state index contributed by atoms with van der Waals surface area (Å²) in [5, 5.41) is 0. The van der Waals surface area contributed by atoms with Gasteiger partial charge in [-0.15, -0.1) is 0 Å². The van der Waals surface area contributed by atoms with Crippen LogP contribution in [0.15, 0.2) is 60.7 Å². The van der Waals surface area contributed by atoms with Crippen LogP contribution >= 0.6 is 0 Å². The van der Waals surface area contributed by atoms with E-state index in [-0.39, 0.29) is 27.7 Å². The quantitative estimate of drug-likeness (QED) is 0.383. The molecular formula is C18H22AsClN2. The van der Waals surface area contributed by atoms with E-state index >= 15 is 0 Å². The van der Waals surface area contributed by atoms with Crippen LogP contribution in [0.3, 0.4) is 0 Å². The first-order valence-electron chi connectivity index (χ1n) is 7.00. The van der Waals surface area contributed by atoms with E-state index in [0.29, 0.717) is 0 Å². The van der Waals surface area contributed by atoms with E-state index in [4.69, 9.17) is 0 Å². The largest absolute Gasteiger partial charge is 1.00 e. The molecule has 22 heavy (non-hydrogen) atoms. The second kappa shape index (κ2) is 9.05. The number of nitrogens with zero attached hydrogens (tertiary/aromatic N) is 2. The minimum Gasteiger partial charge on any atom is -1.00 e. The maximum Gasteiger partial charge on any atom is -1.00 e. The normalized spacial score (nSPS) is 11.0. The standard InChI is InChI=1S/C18H22AsN2.ClH/c1-20(2)17(15-11-7-5-8-12-15)19-18(21(3)4)16-13-9-6-10-14-16;/h5-14H,1-4H3;1H/q+1;/p-1. The monoisotopic (exact) mass is 376 g/mol. The molecule has 0 N–H and O–H groups in total. The fourth-order valence-electron chi connectivity index (χ4n) is 2.12. The molecule has 0 aliphatic rings. The minimum atomic E-state index is -0.0868. The molecule has 0 aliphatic heterocycles. The van der Waals surface area contributed by atoms with Crippen LogP contribution in [-0.4, -0.2) is 61.9 Å². The molecule has 0 bridgehead atoms. The molecule has 2 nitrogen and oxygen atoms in total. The predicted octanol–water partition coefficient (Wildman–Crippen LogP) is -0.847. The third kappa shape index (κ3) is 4.91. The summed E-state index contributed by atoms with van der Waals surface area (Å²) in [6.45, 7) is 0. The van der Waals surface area contributed by atoms with Gasteiger partial charge in [-0.05, 0) is 0 Å². The van der Waals surface area contributed by atoms with Gasteiger partial charge in [0, 0.05) is 0 Å². The first-order chi connectivity index (χ1) is 10.1. The molecule has 0 atom stereocenters. The Hall–Kier alpha value is -1.21. The Morgan fingerprint density at radius 3 is 1.68 bits per heavy atom. The van der Waals surface area contributed by atoms with E-state index in [1.807, 2.05) is 0 Å². The number of rotatable bonds is 4. The fourth-order valence-corrected chi connectivity index (χ4v) is 4.55. The van der Waals surface area contributed by atoms with Gasteiger partial charge in [0.05, 0.1) is 0 Å². The summed E-state index contributed by atoms with van der Waals surface area (Å²) >= 11 is -0.0868. The zero-order valence-corrected chi connectivity index (χ0v) is 16.1. The molecular weight excluding hydrogens is 355 g/mol. The van der Waals surface area contributed by atoms with Crippen LogP contribution in [0, 0.1) is 0 Å². The Morgan fingerprint density at radius 1 is 0.818 bits per heavy atom. The van der Waals surface area contributed by atoms with E-state index < -0.39 is 0 Å². The second-order valence-corrected chi connectivity index (χ2v) is 7.53. The SMILES string of the molecule is CN(C)C(=[As]C(c1ccccc1)=[N+](C)C)c1ccccc1.[Cl-]. The van der Waals surface area contributed by atoms with Crippen molar-refractivity contribution >= 4 is 24.2 Å². The number of hydrogen-bond acceptors (Lipinski definition) is 1.